The third-order valence-corrected chi connectivity index (χ3v) is 1.84. The topological polar surface area (TPSA) is 63.6 Å². The first-order chi connectivity index (χ1) is 6.54. The number of allylic oxidation sites excluding steroid dienone is 1. The van der Waals surface area contributed by atoms with Crippen LogP contribution < -0.4 is 0 Å². The highest BCUT2D eigenvalue weighted by molar-refractivity contribution is 5.93. The van der Waals surface area contributed by atoms with Crippen LogP contribution in [0.5, 0.6) is 0 Å². The fraction of sp³-hybridized carbons (Fsp3) is 0.400. The molecule has 0 saturated carbocycles. The highest BCUT2D eigenvalue weighted by Crippen LogP contribution is 2.17. The van der Waals surface area contributed by atoms with Gasteiger partial charge in [0.1, 0.15) is 0 Å². The molecule has 0 rings (SSSR count). The molecule has 0 radical (unpaired) electrons. The molecule has 4 nitrogen and oxygen atoms in total. The van der Waals surface area contributed by atoms with Crippen LogP contribution in [0.15, 0.2) is 24.8 Å². The van der Waals surface area contributed by atoms with Gasteiger partial charge in [0, 0.05) is 5.57 Å². The van der Waals surface area contributed by atoms with Gasteiger partial charge in [-0.3, -0.25) is 4.79 Å². The van der Waals surface area contributed by atoms with Gasteiger partial charge in [-0.2, -0.15) is 0 Å². The summed E-state index contributed by atoms with van der Waals surface area (Å²) in [6, 6.07) is 0. The van der Waals surface area contributed by atoms with Gasteiger partial charge < -0.3 is 9.84 Å². The van der Waals surface area contributed by atoms with Crippen LogP contribution >= 0.6 is 0 Å². The van der Waals surface area contributed by atoms with Gasteiger partial charge in [-0.25, -0.2) is 4.79 Å². The Morgan fingerprint density at radius 2 is 2.14 bits per heavy atom. The van der Waals surface area contributed by atoms with Crippen molar-refractivity contribution in [3.63, 3.8) is 0 Å². The molecule has 1 unspecified atom stereocenters. The van der Waals surface area contributed by atoms with Crippen molar-refractivity contribution in [2.75, 3.05) is 7.11 Å². The second-order valence-electron chi connectivity index (χ2n) is 2.77. The van der Waals surface area contributed by atoms with E-state index in [0.717, 1.165) is 0 Å². The highest BCUT2D eigenvalue weighted by atomic mass is 16.5. The molecule has 0 amide bonds. The van der Waals surface area contributed by atoms with Crippen molar-refractivity contribution in [1.82, 2.24) is 0 Å². The van der Waals surface area contributed by atoms with Crippen molar-refractivity contribution in [2.45, 2.75) is 12.8 Å². The van der Waals surface area contributed by atoms with Crippen molar-refractivity contribution in [1.29, 1.82) is 0 Å². The summed E-state index contributed by atoms with van der Waals surface area (Å²) in [6.45, 7) is 6.83. The molecule has 1 atom stereocenters. The standard InChI is InChI=1S/C10H14O4/c1-4-5-6-8(10(13)14-3)7(2)9(11)12/h4,8H,1-2,5-6H2,3H3,(H,11,12). The van der Waals surface area contributed by atoms with Crippen LogP contribution in [0.25, 0.3) is 0 Å². The molecule has 14 heavy (non-hydrogen) atoms. The van der Waals surface area contributed by atoms with Crippen LogP contribution in [0.2, 0.25) is 0 Å². The Morgan fingerprint density at radius 1 is 1.57 bits per heavy atom. The molecule has 0 aliphatic heterocycles. The molecule has 0 fully saturated rings. The maximum atomic E-state index is 11.2. The summed E-state index contributed by atoms with van der Waals surface area (Å²) in [7, 11) is 1.22. The minimum absolute atomic E-state index is 0.140. The summed E-state index contributed by atoms with van der Waals surface area (Å²) in [5.74, 6) is -2.53. The lowest BCUT2D eigenvalue weighted by Gasteiger charge is -2.12. The first kappa shape index (κ1) is 12.4. The third-order valence-electron chi connectivity index (χ3n) is 1.84. The summed E-state index contributed by atoms with van der Waals surface area (Å²) >= 11 is 0. The minimum atomic E-state index is -1.18. The Morgan fingerprint density at radius 3 is 2.50 bits per heavy atom. The van der Waals surface area contributed by atoms with E-state index >= 15 is 0 Å². The number of carbonyl (C=O) groups is 2. The predicted octanol–water partition coefficient (Wildman–Crippen LogP) is 1.38. The molecule has 4 heteroatoms. The Bertz CT molecular complexity index is 255. The number of esters is 1. The monoisotopic (exact) mass is 198 g/mol. The van der Waals surface area contributed by atoms with E-state index in [1.807, 2.05) is 0 Å². The van der Waals surface area contributed by atoms with Crippen LogP contribution in [0.4, 0.5) is 0 Å². The predicted molar refractivity (Wildman–Crippen MR) is 51.7 cm³/mol. The van der Waals surface area contributed by atoms with E-state index in [4.69, 9.17) is 5.11 Å². The molecule has 0 aromatic heterocycles. The van der Waals surface area contributed by atoms with Crippen LogP contribution in [-0.4, -0.2) is 24.2 Å². The number of ether oxygens (including phenoxy) is 1. The van der Waals surface area contributed by atoms with Crippen LogP contribution in [0.1, 0.15) is 12.8 Å². The lowest BCUT2D eigenvalue weighted by Crippen LogP contribution is -2.22. The Kier molecular flexibility index (Phi) is 5.29. The average molecular weight is 198 g/mol. The van der Waals surface area contributed by atoms with E-state index in [0.29, 0.717) is 12.8 Å². The first-order valence-corrected chi connectivity index (χ1v) is 4.15. The maximum Gasteiger partial charge on any atom is 0.331 e. The van der Waals surface area contributed by atoms with Gasteiger partial charge in [-0.15, -0.1) is 6.58 Å². The second-order valence-corrected chi connectivity index (χ2v) is 2.77. The summed E-state index contributed by atoms with van der Waals surface area (Å²) in [5.41, 5.74) is -0.140. The maximum absolute atomic E-state index is 11.2. The smallest absolute Gasteiger partial charge is 0.331 e. The van der Waals surface area contributed by atoms with E-state index in [-0.39, 0.29) is 5.57 Å². The first-order valence-electron chi connectivity index (χ1n) is 4.15. The van der Waals surface area contributed by atoms with Gasteiger partial charge in [0.2, 0.25) is 0 Å². The normalized spacial score (nSPS) is 11.5. The van der Waals surface area contributed by atoms with Gasteiger partial charge in [-0.05, 0) is 12.8 Å². The number of carboxylic acids is 1. The molecule has 0 saturated heterocycles. The van der Waals surface area contributed by atoms with Crippen LogP contribution in [0.3, 0.4) is 0 Å². The molecule has 0 aromatic rings. The molecule has 78 valence electrons. The zero-order chi connectivity index (χ0) is 11.1. The number of carbonyl (C=O) groups excluding carboxylic acids is 1. The molecule has 0 bridgehead atoms. The van der Waals surface area contributed by atoms with E-state index < -0.39 is 17.9 Å². The summed E-state index contributed by atoms with van der Waals surface area (Å²) < 4.78 is 4.48. The summed E-state index contributed by atoms with van der Waals surface area (Å²) in [4.78, 5) is 21.8. The second kappa shape index (κ2) is 5.96. The average Bonchev–Trinajstić information content (AvgIpc) is 2.17. The number of rotatable bonds is 6. The summed E-state index contributed by atoms with van der Waals surface area (Å²) in [5, 5.41) is 8.66. The van der Waals surface area contributed by atoms with E-state index in [1.165, 1.54) is 7.11 Å². The zero-order valence-electron chi connectivity index (χ0n) is 8.16. The number of carboxylic acid groups (broad SMARTS) is 1. The molecular formula is C10H14O4. The van der Waals surface area contributed by atoms with Gasteiger partial charge >= 0.3 is 11.9 Å². The van der Waals surface area contributed by atoms with Crippen LogP contribution in [-0.2, 0) is 14.3 Å². The highest BCUT2D eigenvalue weighted by Gasteiger charge is 2.25. The zero-order valence-corrected chi connectivity index (χ0v) is 8.16. The molecular weight excluding hydrogens is 184 g/mol. The molecule has 1 N–H and O–H groups in total. The number of hydrogen-bond acceptors (Lipinski definition) is 3. The van der Waals surface area contributed by atoms with Crippen molar-refractivity contribution in [3.05, 3.63) is 24.8 Å². The number of hydrogen-bond donors (Lipinski definition) is 1. The minimum Gasteiger partial charge on any atom is -0.478 e. The quantitative estimate of drug-likeness (QED) is 0.398. The lowest BCUT2D eigenvalue weighted by molar-refractivity contribution is -0.146. The molecule has 0 aromatic carbocycles. The van der Waals surface area contributed by atoms with Crippen LogP contribution in [0, 0.1) is 5.92 Å². The van der Waals surface area contributed by atoms with E-state index in [9.17, 15) is 9.59 Å². The van der Waals surface area contributed by atoms with Gasteiger partial charge in [-0.1, -0.05) is 12.7 Å². The van der Waals surface area contributed by atoms with Gasteiger partial charge in [0.05, 0.1) is 13.0 Å². The fourth-order valence-corrected chi connectivity index (χ4v) is 1.01. The molecule has 0 spiro atoms. The van der Waals surface area contributed by atoms with Crippen molar-refractivity contribution < 1.29 is 19.4 Å². The Balaban J connectivity index is 4.53. The summed E-state index contributed by atoms with van der Waals surface area (Å²) in [6.07, 6.45) is 2.53. The largest absolute Gasteiger partial charge is 0.478 e. The Labute approximate surface area is 82.9 Å². The third kappa shape index (κ3) is 3.43. The molecule has 0 aliphatic rings. The fourth-order valence-electron chi connectivity index (χ4n) is 1.01. The van der Waals surface area contributed by atoms with E-state index in [2.05, 4.69) is 17.9 Å². The van der Waals surface area contributed by atoms with Gasteiger partial charge in [0.25, 0.3) is 0 Å². The molecule has 0 heterocycles. The van der Waals surface area contributed by atoms with Crippen molar-refractivity contribution >= 4 is 11.9 Å². The van der Waals surface area contributed by atoms with E-state index in [1.54, 1.807) is 6.08 Å². The molecule has 0 aliphatic carbocycles. The number of methoxy groups -OCH3 is 1. The lowest BCUT2D eigenvalue weighted by atomic mass is 9.95. The SMILES string of the molecule is C=CCCC(C(=C)C(=O)O)C(=O)OC. The van der Waals surface area contributed by atoms with Gasteiger partial charge in [0.15, 0.2) is 0 Å². The Hall–Kier alpha value is -1.58. The number of aliphatic carboxylic acids is 1. The van der Waals surface area contributed by atoms with Crippen molar-refractivity contribution in [2.24, 2.45) is 5.92 Å². The van der Waals surface area contributed by atoms with Crippen molar-refractivity contribution in [3.8, 4) is 0 Å².